The maximum absolute atomic E-state index is 9.22. The Morgan fingerprint density at radius 2 is 1.82 bits per heavy atom. The summed E-state index contributed by atoms with van der Waals surface area (Å²) in [5.74, 6) is 0. The van der Waals surface area contributed by atoms with E-state index in [1.165, 1.54) is 0 Å². The Kier molecular flexibility index (Phi) is 4.17. The van der Waals surface area contributed by atoms with Gasteiger partial charge < -0.3 is 5.32 Å². The van der Waals surface area contributed by atoms with Crippen molar-refractivity contribution in [1.82, 2.24) is 10.2 Å². The summed E-state index contributed by atoms with van der Waals surface area (Å²) in [6.07, 6.45) is 0.765. The van der Waals surface area contributed by atoms with Crippen LogP contribution in [0.2, 0.25) is 5.02 Å². The summed E-state index contributed by atoms with van der Waals surface area (Å²) in [5, 5.41) is 22.2. The van der Waals surface area contributed by atoms with E-state index in [0.717, 1.165) is 33.6 Å². The number of nitriles is 1. The molecule has 1 heterocycles. The van der Waals surface area contributed by atoms with Gasteiger partial charge in [0.2, 0.25) is 0 Å². The van der Waals surface area contributed by atoms with Crippen molar-refractivity contribution in [1.29, 1.82) is 5.26 Å². The molecule has 0 aliphatic heterocycles. The second-order valence-electron chi connectivity index (χ2n) is 4.82. The van der Waals surface area contributed by atoms with Crippen molar-refractivity contribution in [3.8, 4) is 6.07 Å². The highest BCUT2D eigenvalue weighted by Crippen LogP contribution is 2.24. The molecule has 3 aromatic rings. The minimum atomic E-state index is 0.304. The summed E-state index contributed by atoms with van der Waals surface area (Å²) in [7, 11) is 0. The van der Waals surface area contributed by atoms with Crippen LogP contribution in [0.25, 0.3) is 10.9 Å². The summed E-state index contributed by atoms with van der Waals surface area (Å²) >= 11 is 6.16. The van der Waals surface area contributed by atoms with Crippen LogP contribution in [0.1, 0.15) is 11.3 Å². The van der Waals surface area contributed by atoms with Gasteiger partial charge >= 0.3 is 0 Å². The van der Waals surface area contributed by atoms with E-state index in [1.54, 1.807) is 0 Å². The van der Waals surface area contributed by atoms with Crippen LogP contribution in [-0.4, -0.2) is 16.7 Å². The summed E-state index contributed by atoms with van der Waals surface area (Å²) in [4.78, 5) is 0. The fourth-order valence-corrected chi connectivity index (χ4v) is 2.56. The van der Waals surface area contributed by atoms with E-state index in [4.69, 9.17) is 11.6 Å². The standard InChI is InChI=1S/C17H13ClN4/c18-14-7-3-1-5-12(14)9-10-20-17-13-6-2-4-8-15(13)21-22-16(17)11-19/h1-8H,9-10H2,(H,20,21). The molecule has 0 aliphatic rings. The van der Waals surface area contributed by atoms with E-state index in [0.29, 0.717) is 12.2 Å². The van der Waals surface area contributed by atoms with Crippen molar-refractivity contribution >= 4 is 28.2 Å². The first-order valence-corrected chi connectivity index (χ1v) is 7.30. The fourth-order valence-electron chi connectivity index (χ4n) is 2.33. The van der Waals surface area contributed by atoms with Gasteiger partial charge in [0.05, 0.1) is 11.2 Å². The van der Waals surface area contributed by atoms with Gasteiger partial charge in [0.15, 0.2) is 5.69 Å². The maximum Gasteiger partial charge on any atom is 0.186 e. The molecule has 5 heteroatoms. The summed E-state index contributed by atoms with van der Waals surface area (Å²) in [6.45, 7) is 0.661. The largest absolute Gasteiger partial charge is 0.382 e. The van der Waals surface area contributed by atoms with Gasteiger partial charge in [0.25, 0.3) is 0 Å². The highest BCUT2D eigenvalue weighted by Gasteiger charge is 2.09. The molecular weight excluding hydrogens is 296 g/mol. The summed E-state index contributed by atoms with van der Waals surface area (Å²) in [5.41, 5.74) is 2.86. The number of halogens is 1. The second-order valence-corrected chi connectivity index (χ2v) is 5.23. The van der Waals surface area contributed by atoms with Gasteiger partial charge in [-0.3, -0.25) is 0 Å². The molecule has 0 saturated heterocycles. The van der Waals surface area contributed by atoms with Gasteiger partial charge in [-0.25, -0.2) is 0 Å². The number of rotatable bonds is 4. The molecule has 3 rings (SSSR count). The normalized spacial score (nSPS) is 10.4. The van der Waals surface area contributed by atoms with Crippen LogP contribution in [-0.2, 0) is 6.42 Å². The van der Waals surface area contributed by atoms with Crippen LogP contribution in [0.4, 0.5) is 5.69 Å². The predicted octanol–water partition coefficient (Wildman–Crippen LogP) is 3.81. The van der Waals surface area contributed by atoms with Crippen molar-refractivity contribution in [2.75, 3.05) is 11.9 Å². The predicted molar refractivity (Wildman–Crippen MR) is 87.9 cm³/mol. The Morgan fingerprint density at radius 3 is 2.64 bits per heavy atom. The SMILES string of the molecule is N#Cc1nnc2ccccc2c1NCCc1ccccc1Cl. The van der Waals surface area contributed by atoms with Crippen LogP contribution in [0.5, 0.6) is 0 Å². The molecule has 1 aromatic heterocycles. The van der Waals surface area contributed by atoms with Gasteiger partial charge in [-0.05, 0) is 24.1 Å². The molecule has 0 saturated carbocycles. The molecule has 4 nitrogen and oxygen atoms in total. The zero-order chi connectivity index (χ0) is 15.4. The summed E-state index contributed by atoms with van der Waals surface area (Å²) in [6, 6.07) is 17.5. The molecule has 0 atom stereocenters. The molecule has 1 N–H and O–H groups in total. The average Bonchev–Trinajstić information content (AvgIpc) is 2.56. The Hall–Kier alpha value is -2.64. The van der Waals surface area contributed by atoms with Gasteiger partial charge in [-0.2, -0.15) is 5.26 Å². The van der Waals surface area contributed by atoms with Crippen molar-refractivity contribution in [3.05, 3.63) is 64.8 Å². The van der Waals surface area contributed by atoms with Crippen molar-refractivity contribution < 1.29 is 0 Å². The molecule has 0 unspecified atom stereocenters. The van der Waals surface area contributed by atoms with Crippen molar-refractivity contribution in [2.45, 2.75) is 6.42 Å². The van der Waals surface area contributed by atoms with Crippen LogP contribution < -0.4 is 5.32 Å². The molecule has 0 bridgehead atoms. The van der Waals surface area contributed by atoms with E-state index < -0.39 is 0 Å². The minimum absolute atomic E-state index is 0.304. The lowest BCUT2D eigenvalue weighted by Crippen LogP contribution is -2.08. The van der Waals surface area contributed by atoms with E-state index in [1.807, 2.05) is 48.5 Å². The van der Waals surface area contributed by atoms with E-state index in [9.17, 15) is 5.26 Å². The number of nitrogens with zero attached hydrogens (tertiary/aromatic N) is 3. The van der Waals surface area contributed by atoms with Crippen LogP contribution in [0.15, 0.2) is 48.5 Å². The smallest absolute Gasteiger partial charge is 0.186 e. The molecular formula is C17H13ClN4. The lowest BCUT2D eigenvalue weighted by atomic mass is 10.1. The number of nitrogens with one attached hydrogen (secondary N) is 1. The molecule has 0 fully saturated rings. The van der Waals surface area contributed by atoms with Gasteiger partial charge in [0, 0.05) is 17.0 Å². The third-order valence-electron chi connectivity index (χ3n) is 3.43. The highest BCUT2D eigenvalue weighted by molar-refractivity contribution is 6.31. The van der Waals surface area contributed by atoms with E-state index >= 15 is 0 Å². The quantitative estimate of drug-likeness (QED) is 0.796. The van der Waals surface area contributed by atoms with Gasteiger partial charge in [-0.15, -0.1) is 10.2 Å². The second kappa shape index (κ2) is 6.42. The van der Waals surface area contributed by atoms with Crippen LogP contribution in [0, 0.1) is 11.3 Å². The monoisotopic (exact) mass is 308 g/mol. The van der Waals surface area contributed by atoms with Gasteiger partial charge in [0.1, 0.15) is 6.07 Å². The van der Waals surface area contributed by atoms with E-state index in [-0.39, 0.29) is 0 Å². The third kappa shape index (κ3) is 2.85. The lowest BCUT2D eigenvalue weighted by Gasteiger charge is -2.10. The fraction of sp³-hybridized carbons (Fsp3) is 0.118. The molecule has 108 valence electrons. The number of benzene rings is 2. The molecule has 0 spiro atoms. The van der Waals surface area contributed by atoms with Crippen molar-refractivity contribution in [2.24, 2.45) is 0 Å². The molecule has 0 amide bonds. The molecule has 0 radical (unpaired) electrons. The van der Waals surface area contributed by atoms with E-state index in [2.05, 4.69) is 21.6 Å². The van der Waals surface area contributed by atoms with Crippen LogP contribution >= 0.6 is 11.6 Å². The topological polar surface area (TPSA) is 61.6 Å². The summed E-state index contributed by atoms with van der Waals surface area (Å²) < 4.78 is 0. The zero-order valence-electron chi connectivity index (χ0n) is 11.8. The first-order chi connectivity index (χ1) is 10.8. The van der Waals surface area contributed by atoms with Crippen LogP contribution in [0.3, 0.4) is 0 Å². The Balaban J connectivity index is 1.84. The number of anilines is 1. The minimum Gasteiger partial charge on any atom is -0.382 e. The third-order valence-corrected chi connectivity index (χ3v) is 3.80. The average molecular weight is 309 g/mol. The molecule has 2 aromatic carbocycles. The zero-order valence-corrected chi connectivity index (χ0v) is 12.5. The lowest BCUT2D eigenvalue weighted by molar-refractivity contribution is 1.00. The Bertz CT molecular complexity index is 855. The number of fused-ring (bicyclic) bond motifs is 1. The first-order valence-electron chi connectivity index (χ1n) is 6.92. The highest BCUT2D eigenvalue weighted by atomic mass is 35.5. The maximum atomic E-state index is 9.22. The molecule has 0 aliphatic carbocycles. The Morgan fingerprint density at radius 1 is 1.05 bits per heavy atom. The number of hydrogen-bond donors (Lipinski definition) is 1. The number of aromatic nitrogens is 2. The van der Waals surface area contributed by atoms with Crippen molar-refractivity contribution in [3.63, 3.8) is 0 Å². The van der Waals surface area contributed by atoms with Gasteiger partial charge in [-0.1, -0.05) is 48.0 Å². The number of hydrogen-bond acceptors (Lipinski definition) is 4. The Labute approximate surface area is 133 Å². The molecule has 22 heavy (non-hydrogen) atoms. The first kappa shape index (κ1) is 14.3.